The van der Waals surface area contributed by atoms with E-state index >= 15 is 0 Å². The standard InChI is InChI=1S/C21H26ClN3O.2ClH/c1-15(13-23-3)11-12-25-19-6-4-5-16(2)21(19)24-20(25)14-26-18-9-7-17(22)8-10-18;;/h4-10,15,23H,11-14H2,1-3H3;2*1H. The largest absolute Gasteiger partial charge is 0.486 e. The van der Waals surface area contributed by atoms with Crippen molar-refractivity contribution in [3.05, 3.63) is 58.9 Å². The highest BCUT2D eigenvalue weighted by Gasteiger charge is 2.14. The van der Waals surface area contributed by atoms with E-state index < -0.39 is 0 Å². The highest BCUT2D eigenvalue weighted by Crippen LogP contribution is 2.23. The third-order valence-corrected chi connectivity index (χ3v) is 4.89. The molecule has 3 aromatic rings. The summed E-state index contributed by atoms with van der Waals surface area (Å²) in [4.78, 5) is 4.87. The lowest BCUT2D eigenvalue weighted by Crippen LogP contribution is -2.18. The van der Waals surface area contributed by atoms with Crippen molar-refractivity contribution in [3.8, 4) is 5.75 Å². The molecule has 1 heterocycles. The molecule has 0 bridgehead atoms. The first-order valence-electron chi connectivity index (χ1n) is 9.06. The molecular weight excluding hydrogens is 417 g/mol. The fourth-order valence-corrected chi connectivity index (χ4v) is 3.30. The van der Waals surface area contributed by atoms with Crippen LogP contribution in [0.2, 0.25) is 5.02 Å². The Kier molecular flexibility index (Phi) is 10.1. The van der Waals surface area contributed by atoms with Crippen molar-refractivity contribution in [2.45, 2.75) is 33.4 Å². The lowest BCUT2D eigenvalue weighted by molar-refractivity contribution is 0.288. The van der Waals surface area contributed by atoms with Crippen molar-refractivity contribution in [1.29, 1.82) is 0 Å². The van der Waals surface area contributed by atoms with Crippen LogP contribution in [0.3, 0.4) is 0 Å². The number of aryl methyl sites for hydroxylation is 2. The highest BCUT2D eigenvalue weighted by molar-refractivity contribution is 6.30. The summed E-state index contributed by atoms with van der Waals surface area (Å²) in [5, 5.41) is 3.96. The lowest BCUT2D eigenvalue weighted by atomic mass is 10.1. The molecule has 7 heteroatoms. The van der Waals surface area contributed by atoms with Crippen molar-refractivity contribution in [1.82, 2.24) is 14.9 Å². The fraction of sp³-hybridized carbons (Fsp3) is 0.381. The Bertz CT molecular complexity index is 865. The van der Waals surface area contributed by atoms with Gasteiger partial charge in [0.2, 0.25) is 0 Å². The number of benzene rings is 2. The van der Waals surface area contributed by atoms with E-state index in [4.69, 9.17) is 21.3 Å². The van der Waals surface area contributed by atoms with Crippen LogP contribution in [0.15, 0.2) is 42.5 Å². The van der Waals surface area contributed by atoms with E-state index in [9.17, 15) is 0 Å². The average molecular weight is 445 g/mol. The van der Waals surface area contributed by atoms with Crippen molar-refractivity contribution >= 4 is 47.4 Å². The zero-order valence-corrected chi connectivity index (χ0v) is 18.8. The third-order valence-electron chi connectivity index (χ3n) is 4.64. The molecule has 0 aliphatic heterocycles. The summed E-state index contributed by atoms with van der Waals surface area (Å²) in [6.07, 6.45) is 1.09. The molecule has 1 unspecified atom stereocenters. The molecule has 28 heavy (non-hydrogen) atoms. The molecule has 0 saturated carbocycles. The Balaban J connectivity index is 0.00000196. The number of para-hydroxylation sites is 1. The molecule has 3 rings (SSSR count). The minimum absolute atomic E-state index is 0. The molecule has 0 radical (unpaired) electrons. The van der Waals surface area contributed by atoms with E-state index in [1.807, 2.05) is 31.3 Å². The van der Waals surface area contributed by atoms with Gasteiger partial charge < -0.3 is 14.6 Å². The van der Waals surface area contributed by atoms with Gasteiger partial charge in [-0.25, -0.2) is 4.98 Å². The summed E-state index contributed by atoms with van der Waals surface area (Å²) < 4.78 is 8.25. The van der Waals surface area contributed by atoms with E-state index in [0.717, 1.165) is 36.6 Å². The summed E-state index contributed by atoms with van der Waals surface area (Å²) >= 11 is 5.94. The number of ether oxygens (including phenoxy) is 1. The Labute approximate surface area is 184 Å². The number of halogens is 3. The van der Waals surface area contributed by atoms with E-state index in [2.05, 4.69) is 41.9 Å². The number of fused-ring (bicyclic) bond motifs is 1. The van der Waals surface area contributed by atoms with Crippen molar-refractivity contribution in [2.75, 3.05) is 13.6 Å². The van der Waals surface area contributed by atoms with E-state index in [1.54, 1.807) is 0 Å². The quantitative estimate of drug-likeness (QED) is 0.487. The normalized spacial score (nSPS) is 11.6. The zero-order valence-electron chi connectivity index (χ0n) is 16.4. The Morgan fingerprint density at radius 3 is 2.54 bits per heavy atom. The predicted molar refractivity (Wildman–Crippen MR) is 122 cm³/mol. The van der Waals surface area contributed by atoms with Crippen LogP contribution in [-0.4, -0.2) is 23.1 Å². The molecule has 0 saturated heterocycles. The maximum atomic E-state index is 5.96. The van der Waals surface area contributed by atoms with Gasteiger partial charge in [-0.3, -0.25) is 0 Å². The number of aromatic nitrogens is 2. The van der Waals surface area contributed by atoms with Crippen molar-refractivity contribution in [2.24, 2.45) is 5.92 Å². The molecule has 0 fully saturated rings. The van der Waals surface area contributed by atoms with Crippen LogP contribution < -0.4 is 10.1 Å². The van der Waals surface area contributed by atoms with Crippen molar-refractivity contribution in [3.63, 3.8) is 0 Å². The van der Waals surface area contributed by atoms with Gasteiger partial charge in [0.1, 0.15) is 18.2 Å². The lowest BCUT2D eigenvalue weighted by Gasteiger charge is -2.14. The number of nitrogens with one attached hydrogen (secondary N) is 1. The molecule has 0 amide bonds. The molecule has 0 spiro atoms. The van der Waals surface area contributed by atoms with E-state index in [-0.39, 0.29) is 24.8 Å². The van der Waals surface area contributed by atoms with Gasteiger partial charge in [-0.2, -0.15) is 0 Å². The molecule has 4 nitrogen and oxygen atoms in total. The molecule has 1 aromatic heterocycles. The SMILES string of the molecule is CNCC(C)CCn1c(COc2ccc(Cl)cc2)nc2c(C)cccc21.Cl.Cl. The number of hydrogen-bond donors (Lipinski definition) is 1. The fourth-order valence-electron chi connectivity index (χ4n) is 3.17. The smallest absolute Gasteiger partial charge is 0.148 e. The molecular formula is C21H28Cl3N3O. The molecule has 0 aliphatic rings. The van der Waals surface area contributed by atoms with Crippen LogP contribution in [0.1, 0.15) is 24.7 Å². The van der Waals surface area contributed by atoms with Gasteiger partial charge in [0.05, 0.1) is 11.0 Å². The monoisotopic (exact) mass is 443 g/mol. The van der Waals surface area contributed by atoms with Crippen molar-refractivity contribution < 1.29 is 4.74 Å². The van der Waals surface area contributed by atoms with Gasteiger partial charge >= 0.3 is 0 Å². The third kappa shape index (κ3) is 6.02. The van der Waals surface area contributed by atoms with Crippen LogP contribution in [0, 0.1) is 12.8 Å². The molecule has 1 N–H and O–H groups in total. The first-order valence-corrected chi connectivity index (χ1v) is 9.44. The number of rotatable bonds is 8. The summed E-state index contributed by atoms with van der Waals surface area (Å²) in [6.45, 7) is 6.76. The van der Waals surface area contributed by atoms with Crippen LogP contribution in [0.25, 0.3) is 11.0 Å². The van der Waals surface area contributed by atoms with Crippen LogP contribution in [-0.2, 0) is 13.2 Å². The van der Waals surface area contributed by atoms with Crippen LogP contribution in [0.5, 0.6) is 5.75 Å². The average Bonchev–Trinajstić information content (AvgIpc) is 2.99. The number of nitrogens with zero attached hydrogens (tertiary/aromatic N) is 2. The second-order valence-corrected chi connectivity index (χ2v) is 7.25. The van der Waals surface area contributed by atoms with Gasteiger partial charge in [-0.1, -0.05) is 30.7 Å². The highest BCUT2D eigenvalue weighted by atomic mass is 35.5. The van der Waals surface area contributed by atoms with E-state index in [1.165, 1.54) is 11.1 Å². The van der Waals surface area contributed by atoms with Gasteiger partial charge in [0.15, 0.2) is 0 Å². The predicted octanol–water partition coefficient (Wildman–Crippen LogP) is 5.67. The molecule has 154 valence electrons. The Hall–Kier alpha value is -1.46. The molecule has 0 aliphatic carbocycles. The summed E-state index contributed by atoms with van der Waals surface area (Å²) in [5.41, 5.74) is 3.43. The van der Waals surface area contributed by atoms with Gasteiger partial charge in [0.25, 0.3) is 0 Å². The summed E-state index contributed by atoms with van der Waals surface area (Å²) in [6, 6.07) is 13.8. The minimum Gasteiger partial charge on any atom is -0.486 e. The van der Waals surface area contributed by atoms with Crippen LogP contribution in [0.4, 0.5) is 0 Å². The first-order chi connectivity index (χ1) is 12.6. The topological polar surface area (TPSA) is 39.1 Å². The summed E-state index contributed by atoms with van der Waals surface area (Å²) in [5.74, 6) is 2.36. The maximum absolute atomic E-state index is 5.96. The van der Waals surface area contributed by atoms with Gasteiger partial charge in [0, 0.05) is 11.6 Å². The minimum atomic E-state index is 0. The van der Waals surface area contributed by atoms with E-state index in [0.29, 0.717) is 17.5 Å². The summed E-state index contributed by atoms with van der Waals surface area (Å²) in [7, 11) is 2.00. The Morgan fingerprint density at radius 1 is 1.14 bits per heavy atom. The molecule has 2 aromatic carbocycles. The molecule has 1 atom stereocenters. The van der Waals surface area contributed by atoms with Crippen LogP contribution >= 0.6 is 36.4 Å². The second-order valence-electron chi connectivity index (χ2n) is 6.82. The van der Waals surface area contributed by atoms with Gasteiger partial charge in [-0.15, -0.1) is 24.8 Å². The first kappa shape index (κ1) is 24.6. The number of imidazole rings is 1. The maximum Gasteiger partial charge on any atom is 0.148 e. The Morgan fingerprint density at radius 2 is 1.86 bits per heavy atom. The second kappa shape index (κ2) is 11.5. The van der Waals surface area contributed by atoms with Gasteiger partial charge in [-0.05, 0) is 68.8 Å². The zero-order chi connectivity index (χ0) is 18.5. The number of hydrogen-bond acceptors (Lipinski definition) is 3.